The number of thiophene rings is 1. The van der Waals surface area contributed by atoms with Gasteiger partial charge in [0.2, 0.25) is 5.91 Å². The zero-order chi connectivity index (χ0) is 13.5. The number of carbonyl (C=O) groups is 1. The molecule has 0 aliphatic carbocycles. The molecule has 0 aliphatic heterocycles. The second-order valence-electron chi connectivity index (χ2n) is 4.18. The molecule has 0 fully saturated rings. The zero-order valence-electron chi connectivity index (χ0n) is 10.8. The maximum absolute atomic E-state index is 11.7. The third-order valence-electron chi connectivity index (χ3n) is 2.64. The molecule has 1 rings (SSSR count). The lowest BCUT2D eigenvalue weighted by Gasteiger charge is -2.25. The van der Waals surface area contributed by atoms with Crippen molar-refractivity contribution in [2.24, 2.45) is 5.73 Å². The van der Waals surface area contributed by atoms with Crippen molar-refractivity contribution < 1.29 is 4.79 Å². The van der Waals surface area contributed by atoms with Crippen LogP contribution in [0.4, 0.5) is 0 Å². The predicted molar refractivity (Wildman–Crippen MR) is 79.7 cm³/mol. The summed E-state index contributed by atoms with van der Waals surface area (Å²) in [4.78, 5) is 14.8. The average molecular weight is 334 g/mol. The third kappa shape index (κ3) is 4.68. The predicted octanol–water partition coefficient (Wildman–Crippen LogP) is 1.97. The molecular formula is C12H20BrN3OS. The molecule has 4 nitrogen and oxygen atoms in total. The molecule has 3 N–H and O–H groups in total. The minimum atomic E-state index is 0.0495. The van der Waals surface area contributed by atoms with E-state index in [-0.39, 0.29) is 11.9 Å². The van der Waals surface area contributed by atoms with Crippen molar-refractivity contribution in [3.63, 3.8) is 0 Å². The summed E-state index contributed by atoms with van der Waals surface area (Å²) < 4.78 is 1.06. The van der Waals surface area contributed by atoms with Crippen LogP contribution >= 0.6 is 27.3 Å². The highest BCUT2D eigenvalue weighted by molar-refractivity contribution is 9.10. The van der Waals surface area contributed by atoms with Crippen LogP contribution < -0.4 is 11.1 Å². The zero-order valence-corrected chi connectivity index (χ0v) is 13.2. The van der Waals surface area contributed by atoms with Gasteiger partial charge in [-0.1, -0.05) is 6.92 Å². The lowest BCUT2D eigenvalue weighted by molar-refractivity contribution is -0.122. The summed E-state index contributed by atoms with van der Waals surface area (Å²) in [6.45, 7) is 3.64. The van der Waals surface area contributed by atoms with E-state index in [0.29, 0.717) is 13.1 Å². The second-order valence-corrected chi connectivity index (χ2v) is 6.04. The number of nitrogens with one attached hydrogen (secondary N) is 1. The molecule has 1 aromatic heterocycles. The van der Waals surface area contributed by atoms with Crippen LogP contribution in [0.3, 0.4) is 0 Å². The van der Waals surface area contributed by atoms with Gasteiger partial charge in [0.15, 0.2) is 0 Å². The van der Waals surface area contributed by atoms with E-state index in [4.69, 9.17) is 5.73 Å². The molecule has 6 heteroatoms. The number of carbonyl (C=O) groups excluding carboxylic acids is 1. The molecule has 1 aromatic rings. The molecule has 0 spiro atoms. The Kier molecular flexibility index (Phi) is 6.85. The highest BCUT2D eigenvalue weighted by atomic mass is 79.9. The topological polar surface area (TPSA) is 58.4 Å². The van der Waals surface area contributed by atoms with Gasteiger partial charge in [0.05, 0.1) is 12.6 Å². The molecule has 102 valence electrons. The summed E-state index contributed by atoms with van der Waals surface area (Å²) in [7, 11) is 1.93. The van der Waals surface area contributed by atoms with E-state index in [0.717, 1.165) is 17.4 Å². The van der Waals surface area contributed by atoms with Crippen LogP contribution in [0.5, 0.6) is 0 Å². The van der Waals surface area contributed by atoms with Crippen molar-refractivity contribution in [1.29, 1.82) is 0 Å². The van der Waals surface area contributed by atoms with Crippen LogP contribution in [0.1, 0.15) is 24.3 Å². The first-order chi connectivity index (χ1) is 8.58. The third-order valence-corrected chi connectivity index (χ3v) is 4.43. The van der Waals surface area contributed by atoms with Gasteiger partial charge < -0.3 is 11.1 Å². The van der Waals surface area contributed by atoms with Gasteiger partial charge in [-0.15, -0.1) is 11.3 Å². The van der Waals surface area contributed by atoms with Gasteiger partial charge in [-0.25, -0.2) is 0 Å². The summed E-state index contributed by atoms with van der Waals surface area (Å²) >= 11 is 5.09. The molecular weight excluding hydrogens is 314 g/mol. The van der Waals surface area contributed by atoms with E-state index in [2.05, 4.69) is 27.3 Å². The van der Waals surface area contributed by atoms with Crippen molar-refractivity contribution in [3.8, 4) is 0 Å². The maximum atomic E-state index is 11.7. The van der Waals surface area contributed by atoms with Crippen LogP contribution in [0.15, 0.2) is 15.9 Å². The first-order valence-corrected chi connectivity index (χ1v) is 7.66. The van der Waals surface area contributed by atoms with Crippen molar-refractivity contribution in [2.45, 2.75) is 19.4 Å². The highest BCUT2D eigenvalue weighted by Gasteiger charge is 2.19. The number of nitrogens with zero attached hydrogens (tertiary/aromatic N) is 1. The monoisotopic (exact) mass is 333 g/mol. The van der Waals surface area contributed by atoms with E-state index in [1.807, 2.05) is 24.3 Å². The number of hydrogen-bond acceptors (Lipinski definition) is 4. The van der Waals surface area contributed by atoms with Gasteiger partial charge in [-0.05, 0) is 35.5 Å². The molecule has 0 radical (unpaired) electrons. The fourth-order valence-corrected chi connectivity index (χ4v) is 3.30. The van der Waals surface area contributed by atoms with Gasteiger partial charge in [0.25, 0.3) is 0 Å². The first-order valence-electron chi connectivity index (χ1n) is 5.99. The van der Waals surface area contributed by atoms with Crippen LogP contribution in [-0.2, 0) is 4.79 Å². The molecule has 0 bridgehead atoms. The first kappa shape index (κ1) is 15.6. The molecule has 1 atom stereocenters. The van der Waals surface area contributed by atoms with E-state index >= 15 is 0 Å². The fourth-order valence-electron chi connectivity index (χ4n) is 1.67. The van der Waals surface area contributed by atoms with Crippen molar-refractivity contribution in [3.05, 3.63) is 20.8 Å². The summed E-state index contributed by atoms with van der Waals surface area (Å²) in [6.07, 6.45) is 0.952. The van der Waals surface area contributed by atoms with Crippen LogP contribution in [0.25, 0.3) is 0 Å². The lowest BCUT2D eigenvalue weighted by atomic mass is 10.2. The largest absolute Gasteiger partial charge is 0.355 e. The molecule has 1 unspecified atom stereocenters. The quantitative estimate of drug-likeness (QED) is 0.802. The Morgan fingerprint density at radius 1 is 1.67 bits per heavy atom. The average Bonchev–Trinajstić information content (AvgIpc) is 2.74. The number of likely N-dealkylation sites (N-methyl/N-ethyl adjacent to an activating group) is 1. The van der Waals surface area contributed by atoms with Gasteiger partial charge in [-0.3, -0.25) is 9.69 Å². The summed E-state index contributed by atoms with van der Waals surface area (Å²) in [5.41, 5.74) is 5.81. The van der Waals surface area contributed by atoms with Crippen molar-refractivity contribution in [2.75, 3.05) is 26.7 Å². The summed E-state index contributed by atoms with van der Waals surface area (Å²) in [5, 5.41) is 4.90. The Bertz CT molecular complexity index is 383. The number of hydrogen-bond donors (Lipinski definition) is 2. The van der Waals surface area contributed by atoms with E-state index in [1.165, 1.54) is 4.88 Å². The summed E-state index contributed by atoms with van der Waals surface area (Å²) in [5.74, 6) is 0.0495. The SMILES string of the molecule is CCCNC(=O)CN(C)C(CN)c1cc(Br)cs1. The molecule has 0 saturated carbocycles. The van der Waals surface area contributed by atoms with Crippen molar-refractivity contribution >= 4 is 33.2 Å². The highest BCUT2D eigenvalue weighted by Crippen LogP contribution is 2.28. The Morgan fingerprint density at radius 2 is 2.39 bits per heavy atom. The fraction of sp³-hybridized carbons (Fsp3) is 0.583. The van der Waals surface area contributed by atoms with Gasteiger partial charge in [-0.2, -0.15) is 0 Å². The molecule has 0 saturated heterocycles. The number of halogens is 1. The molecule has 0 aliphatic rings. The van der Waals surface area contributed by atoms with E-state index in [1.54, 1.807) is 11.3 Å². The number of nitrogens with two attached hydrogens (primary N) is 1. The van der Waals surface area contributed by atoms with Crippen LogP contribution in [0, 0.1) is 0 Å². The van der Waals surface area contributed by atoms with E-state index in [9.17, 15) is 4.79 Å². The molecule has 18 heavy (non-hydrogen) atoms. The Morgan fingerprint density at radius 3 is 2.89 bits per heavy atom. The van der Waals surface area contributed by atoms with Crippen LogP contribution in [-0.4, -0.2) is 37.5 Å². The Hall–Kier alpha value is -0.430. The Labute approximate surface area is 121 Å². The molecule has 1 heterocycles. The van der Waals surface area contributed by atoms with Gasteiger partial charge in [0, 0.05) is 27.8 Å². The summed E-state index contributed by atoms with van der Waals surface area (Å²) in [6, 6.07) is 2.15. The lowest BCUT2D eigenvalue weighted by Crippen LogP contribution is -2.39. The Balaban J connectivity index is 2.57. The maximum Gasteiger partial charge on any atom is 0.234 e. The second kappa shape index (κ2) is 7.89. The number of rotatable bonds is 7. The number of amides is 1. The van der Waals surface area contributed by atoms with Gasteiger partial charge >= 0.3 is 0 Å². The van der Waals surface area contributed by atoms with Gasteiger partial charge in [0.1, 0.15) is 0 Å². The van der Waals surface area contributed by atoms with Crippen LogP contribution in [0.2, 0.25) is 0 Å². The minimum absolute atomic E-state index is 0.0495. The standard InChI is InChI=1S/C12H20BrN3OS/c1-3-4-15-12(17)7-16(2)10(6-14)11-5-9(13)8-18-11/h5,8,10H,3-4,6-7,14H2,1-2H3,(H,15,17). The van der Waals surface area contributed by atoms with Crippen molar-refractivity contribution in [1.82, 2.24) is 10.2 Å². The molecule has 0 aromatic carbocycles. The normalized spacial score (nSPS) is 12.7. The molecule has 1 amide bonds. The smallest absolute Gasteiger partial charge is 0.234 e. The van der Waals surface area contributed by atoms with E-state index < -0.39 is 0 Å². The minimum Gasteiger partial charge on any atom is -0.355 e.